The van der Waals surface area contributed by atoms with Gasteiger partial charge in [-0.25, -0.2) is 0 Å². The molecule has 0 aliphatic carbocycles. The van der Waals surface area contributed by atoms with Gasteiger partial charge in [0.2, 0.25) is 0 Å². The highest BCUT2D eigenvalue weighted by Gasteiger charge is 2.31. The molecule has 0 heterocycles. The first-order valence-electron chi connectivity index (χ1n) is 21.6. The Morgan fingerprint density at radius 3 is 1.26 bits per heavy atom. The minimum absolute atomic E-state index is 0.0291. The van der Waals surface area contributed by atoms with Gasteiger partial charge in [0.1, 0.15) is 26.4 Å². The number of unbranched alkanes of at least 4 members (excludes halogenated alkanes) is 3. The van der Waals surface area contributed by atoms with Crippen molar-refractivity contribution in [1.29, 1.82) is 0 Å². The summed E-state index contributed by atoms with van der Waals surface area (Å²) in [5.74, 6) is 2.62. The van der Waals surface area contributed by atoms with Gasteiger partial charge in [0.15, 0.2) is 13.4 Å². The van der Waals surface area contributed by atoms with Gasteiger partial charge in [-0.2, -0.15) is 0 Å². The molecule has 19 heteroatoms. The lowest BCUT2D eigenvalue weighted by molar-refractivity contribution is -0.152. The third-order valence-corrected chi connectivity index (χ3v) is 9.15. The number of aliphatic hydroxyl groups excluding tert-OH is 5. The van der Waals surface area contributed by atoms with Gasteiger partial charge in [-0.05, 0) is 57.4 Å². The van der Waals surface area contributed by atoms with Crippen LogP contribution in [-0.2, 0) is 66.7 Å². The van der Waals surface area contributed by atoms with E-state index in [4.69, 9.17) is 43.7 Å². The third-order valence-electron chi connectivity index (χ3n) is 9.15. The van der Waals surface area contributed by atoms with Gasteiger partial charge >= 0.3 is 35.8 Å². The zero-order chi connectivity index (χ0) is 49.5. The Bertz CT molecular complexity index is 1330. The zero-order valence-corrected chi connectivity index (χ0v) is 38.8. The highest BCUT2D eigenvalue weighted by atomic mass is 16.6. The molecule has 0 radical (unpaired) electrons. The van der Waals surface area contributed by atoms with E-state index in [0.717, 1.165) is 0 Å². The fourth-order valence-corrected chi connectivity index (χ4v) is 4.74. The van der Waals surface area contributed by atoms with E-state index >= 15 is 0 Å². The Hall–Kier alpha value is -4.68. The van der Waals surface area contributed by atoms with E-state index in [1.54, 1.807) is 18.2 Å². The average Bonchev–Trinajstić information content (AvgIpc) is 3.31. The average molecular weight is 933 g/mol. The summed E-state index contributed by atoms with van der Waals surface area (Å²) >= 11 is 0. The van der Waals surface area contributed by atoms with Gasteiger partial charge in [-0.1, -0.05) is 43.9 Å². The van der Waals surface area contributed by atoms with Crippen molar-refractivity contribution in [2.75, 3.05) is 93.2 Å². The van der Waals surface area contributed by atoms with Crippen LogP contribution in [0, 0.1) is 22.7 Å². The molecule has 0 bridgehead atoms. The number of methoxy groups -OCH3 is 1. The number of aliphatic hydroxyl groups is 5. The van der Waals surface area contributed by atoms with Crippen molar-refractivity contribution in [2.24, 2.45) is 10.8 Å². The topological polar surface area (TPSA) is 277 Å². The molecule has 0 saturated heterocycles. The van der Waals surface area contributed by atoms with Gasteiger partial charge in [-0.3, -0.25) is 28.8 Å². The van der Waals surface area contributed by atoms with Crippen molar-refractivity contribution in [3.63, 3.8) is 0 Å². The highest BCUT2D eigenvalue weighted by molar-refractivity contribution is 5.72. The smallest absolute Gasteiger partial charge is 0.307 e. The summed E-state index contributed by atoms with van der Waals surface area (Å²) in [6.45, 7) is 11.3. The predicted molar refractivity (Wildman–Crippen MR) is 237 cm³/mol. The van der Waals surface area contributed by atoms with Crippen LogP contribution in [0.1, 0.15) is 104 Å². The molecule has 374 valence electrons. The van der Waals surface area contributed by atoms with Crippen molar-refractivity contribution < 1.29 is 92.2 Å². The molecule has 65 heavy (non-hydrogen) atoms. The van der Waals surface area contributed by atoms with Gasteiger partial charge in [0.25, 0.3) is 0 Å². The SMILES string of the molecule is C=CCOCC(CC)(CO)COC(=O)CCCCC(=O)OCC(CC)(CO)COCC=C.COC(=O)CCCCC(=O)OCO.O=C(CCCCC(=O)OC/C=C\CO)OCC#CCO. The van der Waals surface area contributed by atoms with Crippen LogP contribution in [0.3, 0.4) is 0 Å². The summed E-state index contributed by atoms with van der Waals surface area (Å²) in [4.78, 5) is 67.7. The first-order chi connectivity index (χ1) is 31.3. The number of hydrogen-bond donors (Lipinski definition) is 5. The summed E-state index contributed by atoms with van der Waals surface area (Å²) in [7, 11) is 1.32. The van der Waals surface area contributed by atoms with Crippen LogP contribution in [0.25, 0.3) is 0 Å². The normalized spacial score (nSPS) is 12.2. The third kappa shape index (κ3) is 40.6. The molecule has 0 spiro atoms. The van der Waals surface area contributed by atoms with Crippen LogP contribution in [0.5, 0.6) is 0 Å². The van der Waals surface area contributed by atoms with E-state index in [1.807, 2.05) is 13.8 Å². The van der Waals surface area contributed by atoms with Crippen molar-refractivity contribution in [3.8, 4) is 11.8 Å². The molecule has 0 aliphatic rings. The van der Waals surface area contributed by atoms with Crippen LogP contribution in [0.2, 0.25) is 0 Å². The predicted octanol–water partition coefficient (Wildman–Crippen LogP) is 3.21. The Balaban J connectivity index is -0.000000987. The molecule has 2 atom stereocenters. The molecule has 5 N–H and O–H groups in total. The molecule has 0 rings (SSSR count). The monoisotopic (exact) mass is 932 g/mol. The maximum atomic E-state index is 12.0. The molecule has 0 saturated carbocycles. The Morgan fingerprint density at radius 2 is 0.908 bits per heavy atom. The van der Waals surface area contributed by atoms with Crippen LogP contribution in [0.4, 0.5) is 0 Å². The number of carbonyl (C=O) groups excluding carboxylic acids is 6. The quantitative estimate of drug-likeness (QED) is 0.0151. The molecule has 0 aliphatic heterocycles. The Labute approximate surface area is 384 Å². The number of carbonyl (C=O) groups is 6. The van der Waals surface area contributed by atoms with E-state index in [0.29, 0.717) is 71.0 Å². The number of esters is 6. The lowest BCUT2D eigenvalue weighted by atomic mass is 9.88. The van der Waals surface area contributed by atoms with Crippen LogP contribution in [-0.4, -0.2) is 155 Å². The maximum Gasteiger partial charge on any atom is 0.307 e. The van der Waals surface area contributed by atoms with Crippen LogP contribution < -0.4 is 0 Å². The van der Waals surface area contributed by atoms with Crippen LogP contribution in [0.15, 0.2) is 37.5 Å². The summed E-state index contributed by atoms with van der Waals surface area (Å²) < 4.78 is 39.8. The first-order valence-corrected chi connectivity index (χ1v) is 21.6. The second-order valence-corrected chi connectivity index (χ2v) is 14.3. The second kappa shape index (κ2) is 45.9. The molecule has 0 amide bonds. The second-order valence-electron chi connectivity index (χ2n) is 14.3. The van der Waals surface area contributed by atoms with Crippen molar-refractivity contribution >= 4 is 35.8 Å². The summed E-state index contributed by atoms with van der Waals surface area (Å²) in [5.41, 5.74) is -1.26. The van der Waals surface area contributed by atoms with E-state index < -0.39 is 23.6 Å². The molecule has 19 nitrogen and oxygen atoms in total. The molecule has 0 aromatic rings. The van der Waals surface area contributed by atoms with E-state index in [-0.39, 0.29) is 128 Å². The molecular formula is C46H76O19. The van der Waals surface area contributed by atoms with Gasteiger partial charge in [-0.15, -0.1) is 13.2 Å². The van der Waals surface area contributed by atoms with Gasteiger partial charge < -0.3 is 63.4 Å². The minimum atomic E-state index is -0.629. The lowest BCUT2D eigenvalue weighted by Gasteiger charge is -2.29. The molecule has 0 aromatic heterocycles. The van der Waals surface area contributed by atoms with E-state index in [1.165, 1.54) is 13.2 Å². The number of rotatable bonds is 36. The van der Waals surface area contributed by atoms with Gasteiger partial charge in [0, 0.05) is 38.5 Å². The fraction of sp³-hybridized carbons (Fsp3) is 0.696. The van der Waals surface area contributed by atoms with Crippen LogP contribution >= 0.6 is 0 Å². The molecule has 2 unspecified atom stereocenters. The molecular weight excluding hydrogens is 856 g/mol. The lowest BCUT2D eigenvalue weighted by Crippen LogP contribution is -2.36. The van der Waals surface area contributed by atoms with E-state index in [2.05, 4.69) is 34.5 Å². The summed E-state index contributed by atoms with van der Waals surface area (Å²) in [6.07, 6.45) is 12.0. The first kappa shape index (κ1) is 64.6. The van der Waals surface area contributed by atoms with Gasteiger partial charge in [0.05, 0.1) is 64.2 Å². The van der Waals surface area contributed by atoms with Crippen molar-refractivity contribution in [3.05, 3.63) is 37.5 Å². The number of ether oxygens (including phenoxy) is 8. The van der Waals surface area contributed by atoms with E-state index in [9.17, 15) is 39.0 Å². The summed E-state index contributed by atoms with van der Waals surface area (Å²) in [5, 5.41) is 44.4. The maximum absolute atomic E-state index is 12.0. The van der Waals surface area contributed by atoms with Crippen molar-refractivity contribution in [2.45, 2.75) is 104 Å². The summed E-state index contributed by atoms with van der Waals surface area (Å²) in [6, 6.07) is 0. The molecule has 0 fully saturated rings. The Morgan fingerprint density at radius 1 is 0.508 bits per heavy atom. The van der Waals surface area contributed by atoms with Crippen molar-refractivity contribution in [1.82, 2.24) is 0 Å². The Kier molecular flexibility index (Phi) is 45.6. The number of hydrogen-bond acceptors (Lipinski definition) is 19. The fourth-order valence-electron chi connectivity index (χ4n) is 4.74. The standard InChI is InChI=1S/C24H42O8.C14H20O6.C8H14O5/c1-5-13-29-17-23(7-3,15-25)19-31-21(27)11-9-10-12-22(28)32-20-24(8-4,16-26)18-30-14-6-2;15-9-3-5-11-19-13(17)7-1-2-8-14(18)20-12-6-4-10-16;1-12-7(10)4-2-3-5-8(11)13-6-9/h5-6,25-26H,1-2,7-20H2,3-4H3;3,5,15-16H,1-2,7-12H2;9H,2-6H2,1H3/b;5-3-;. The largest absolute Gasteiger partial charge is 0.469 e. The molecule has 0 aromatic carbocycles. The minimum Gasteiger partial charge on any atom is -0.469 e. The zero-order valence-electron chi connectivity index (χ0n) is 38.8. The highest BCUT2D eigenvalue weighted by Crippen LogP contribution is 2.24.